The van der Waals surface area contributed by atoms with Crippen LogP contribution in [-0.2, 0) is 7.05 Å². The Morgan fingerprint density at radius 3 is 2.65 bits per heavy atom. The average molecular weight is 226 g/mol. The average Bonchev–Trinajstić information content (AvgIpc) is 2.81. The third-order valence-electron chi connectivity index (χ3n) is 3.13. The summed E-state index contributed by atoms with van der Waals surface area (Å²) in [6, 6.07) is 6.00. The summed E-state index contributed by atoms with van der Waals surface area (Å²) in [5.41, 5.74) is 5.25. The second-order valence-corrected chi connectivity index (χ2v) is 4.26. The lowest BCUT2D eigenvalue weighted by Crippen LogP contribution is -1.92. The summed E-state index contributed by atoms with van der Waals surface area (Å²) in [6.07, 6.45) is 4.05. The minimum atomic E-state index is 0.963. The molecule has 3 aromatic rings. The quantitative estimate of drug-likeness (QED) is 0.638. The van der Waals surface area contributed by atoms with Gasteiger partial charge in [0.15, 0.2) is 0 Å². The zero-order valence-corrected chi connectivity index (χ0v) is 10.2. The maximum Gasteiger partial charge on any atom is 0.137 e. The predicted octanol–water partition coefficient (Wildman–Crippen LogP) is 2.35. The summed E-state index contributed by atoms with van der Waals surface area (Å²) in [4.78, 5) is 4.63. The SMILES string of the molecule is Cc1nn(C)c(C)c1-c1cn2ccccc2n1. The number of rotatable bonds is 1. The number of fused-ring (bicyclic) bond motifs is 1. The monoisotopic (exact) mass is 226 g/mol. The molecule has 0 aliphatic carbocycles. The third-order valence-corrected chi connectivity index (χ3v) is 3.13. The normalized spacial score (nSPS) is 11.2. The number of nitrogens with zero attached hydrogens (tertiary/aromatic N) is 4. The van der Waals surface area contributed by atoms with E-state index in [0.29, 0.717) is 0 Å². The molecule has 0 amide bonds. The summed E-state index contributed by atoms with van der Waals surface area (Å²) >= 11 is 0. The van der Waals surface area contributed by atoms with Crippen LogP contribution in [0.1, 0.15) is 11.4 Å². The van der Waals surface area contributed by atoms with Crippen molar-refractivity contribution in [3.63, 3.8) is 0 Å². The van der Waals surface area contributed by atoms with E-state index in [1.807, 2.05) is 53.6 Å². The Morgan fingerprint density at radius 2 is 2.00 bits per heavy atom. The van der Waals surface area contributed by atoms with Crippen molar-refractivity contribution in [3.8, 4) is 11.3 Å². The third kappa shape index (κ3) is 1.45. The van der Waals surface area contributed by atoms with Crippen molar-refractivity contribution < 1.29 is 0 Å². The van der Waals surface area contributed by atoms with Gasteiger partial charge in [0.2, 0.25) is 0 Å². The highest BCUT2D eigenvalue weighted by Crippen LogP contribution is 2.25. The molecule has 0 aliphatic heterocycles. The molecule has 17 heavy (non-hydrogen) atoms. The molecule has 3 rings (SSSR count). The van der Waals surface area contributed by atoms with Crippen LogP contribution in [0.2, 0.25) is 0 Å². The van der Waals surface area contributed by atoms with Crippen molar-refractivity contribution in [2.75, 3.05) is 0 Å². The van der Waals surface area contributed by atoms with E-state index in [1.165, 1.54) is 0 Å². The molecule has 86 valence electrons. The van der Waals surface area contributed by atoms with Crippen LogP contribution in [0.4, 0.5) is 0 Å². The molecule has 3 aromatic heterocycles. The van der Waals surface area contributed by atoms with Gasteiger partial charge in [-0.1, -0.05) is 6.07 Å². The molecule has 0 radical (unpaired) electrons. The Kier molecular flexibility index (Phi) is 2.04. The largest absolute Gasteiger partial charge is 0.306 e. The minimum absolute atomic E-state index is 0.963. The lowest BCUT2D eigenvalue weighted by Gasteiger charge is -1.96. The second-order valence-electron chi connectivity index (χ2n) is 4.26. The number of pyridine rings is 1. The summed E-state index contributed by atoms with van der Waals surface area (Å²) in [5, 5.41) is 4.42. The van der Waals surface area contributed by atoms with E-state index in [4.69, 9.17) is 0 Å². The topological polar surface area (TPSA) is 35.1 Å². The Bertz CT molecular complexity index is 658. The fourth-order valence-corrected chi connectivity index (χ4v) is 2.20. The fraction of sp³-hybridized carbons (Fsp3) is 0.231. The van der Waals surface area contributed by atoms with E-state index in [0.717, 1.165) is 28.3 Å². The van der Waals surface area contributed by atoms with E-state index in [2.05, 4.69) is 17.0 Å². The molecule has 4 heteroatoms. The summed E-state index contributed by atoms with van der Waals surface area (Å²) in [7, 11) is 1.96. The molecule has 0 spiro atoms. The van der Waals surface area contributed by atoms with Crippen LogP contribution in [0.25, 0.3) is 16.9 Å². The summed E-state index contributed by atoms with van der Waals surface area (Å²) in [6.45, 7) is 4.09. The van der Waals surface area contributed by atoms with Gasteiger partial charge in [-0.2, -0.15) is 5.10 Å². The van der Waals surface area contributed by atoms with Gasteiger partial charge in [0.1, 0.15) is 5.65 Å². The van der Waals surface area contributed by atoms with Gasteiger partial charge in [0, 0.05) is 30.7 Å². The number of hydrogen-bond donors (Lipinski definition) is 0. The van der Waals surface area contributed by atoms with Crippen molar-refractivity contribution in [2.45, 2.75) is 13.8 Å². The molecular weight excluding hydrogens is 212 g/mol. The van der Waals surface area contributed by atoms with E-state index >= 15 is 0 Å². The first-order valence-corrected chi connectivity index (χ1v) is 5.61. The van der Waals surface area contributed by atoms with Gasteiger partial charge in [-0.15, -0.1) is 0 Å². The zero-order chi connectivity index (χ0) is 12.0. The zero-order valence-electron chi connectivity index (χ0n) is 10.2. The molecule has 3 heterocycles. The summed E-state index contributed by atoms with van der Waals surface area (Å²) < 4.78 is 3.93. The number of aromatic nitrogens is 4. The van der Waals surface area contributed by atoms with E-state index in [9.17, 15) is 0 Å². The van der Waals surface area contributed by atoms with Crippen molar-refractivity contribution in [1.29, 1.82) is 0 Å². The second kappa shape index (κ2) is 3.45. The van der Waals surface area contributed by atoms with Crippen molar-refractivity contribution >= 4 is 5.65 Å². The molecule has 0 aromatic carbocycles. The van der Waals surface area contributed by atoms with Crippen LogP contribution in [0.3, 0.4) is 0 Å². The van der Waals surface area contributed by atoms with Crippen LogP contribution >= 0.6 is 0 Å². The van der Waals surface area contributed by atoms with E-state index in [-0.39, 0.29) is 0 Å². The van der Waals surface area contributed by atoms with Crippen molar-refractivity contribution in [1.82, 2.24) is 19.2 Å². The maximum absolute atomic E-state index is 4.63. The molecule has 0 saturated carbocycles. The lowest BCUT2D eigenvalue weighted by atomic mass is 10.1. The molecule has 0 unspecified atom stereocenters. The Balaban J connectivity index is 2.27. The van der Waals surface area contributed by atoms with Gasteiger partial charge in [0.05, 0.1) is 11.4 Å². The molecular formula is C13H14N4. The summed E-state index contributed by atoms with van der Waals surface area (Å²) in [5.74, 6) is 0. The number of hydrogen-bond acceptors (Lipinski definition) is 2. The molecule has 0 N–H and O–H groups in total. The molecule has 0 saturated heterocycles. The van der Waals surface area contributed by atoms with Gasteiger partial charge in [-0.3, -0.25) is 4.68 Å². The highest BCUT2D eigenvalue weighted by atomic mass is 15.3. The lowest BCUT2D eigenvalue weighted by molar-refractivity contribution is 0.731. The smallest absolute Gasteiger partial charge is 0.137 e. The highest BCUT2D eigenvalue weighted by Gasteiger charge is 2.14. The maximum atomic E-state index is 4.63. The molecule has 0 fully saturated rings. The first kappa shape index (κ1) is 10.1. The van der Waals surface area contributed by atoms with Gasteiger partial charge >= 0.3 is 0 Å². The van der Waals surface area contributed by atoms with Gasteiger partial charge in [-0.25, -0.2) is 4.98 Å². The van der Waals surface area contributed by atoms with Gasteiger partial charge in [-0.05, 0) is 26.0 Å². The Labute approximate surface area is 99.5 Å². The van der Waals surface area contributed by atoms with E-state index in [1.54, 1.807) is 0 Å². The molecule has 4 nitrogen and oxygen atoms in total. The molecule has 0 atom stereocenters. The highest BCUT2D eigenvalue weighted by molar-refractivity contribution is 5.67. The van der Waals surface area contributed by atoms with Crippen LogP contribution in [-0.4, -0.2) is 19.2 Å². The van der Waals surface area contributed by atoms with Crippen molar-refractivity contribution in [2.24, 2.45) is 7.05 Å². The number of aryl methyl sites for hydroxylation is 2. The van der Waals surface area contributed by atoms with E-state index < -0.39 is 0 Å². The Morgan fingerprint density at radius 1 is 1.18 bits per heavy atom. The standard InChI is InChI=1S/C13H14N4/c1-9-13(10(2)16(3)15-9)11-8-17-7-5-4-6-12(17)14-11/h4-8H,1-3H3. The minimum Gasteiger partial charge on any atom is -0.306 e. The first-order valence-electron chi connectivity index (χ1n) is 5.61. The fourth-order valence-electron chi connectivity index (χ4n) is 2.20. The van der Waals surface area contributed by atoms with Gasteiger partial charge in [0.25, 0.3) is 0 Å². The van der Waals surface area contributed by atoms with Crippen molar-refractivity contribution in [3.05, 3.63) is 42.0 Å². The molecule has 0 bridgehead atoms. The number of imidazole rings is 1. The van der Waals surface area contributed by atoms with Crippen LogP contribution < -0.4 is 0 Å². The van der Waals surface area contributed by atoms with Crippen LogP contribution in [0.15, 0.2) is 30.6 Å². The molecule has 0 aliphatic rings. The Hall–Kier alpha value is -2.10. The first-order chi connectivity index (χ1) is 8.16. The van der Waals surface area contributed by atoms with Gasteiger partial charge < -0.3 is 4.40 Å². The van der Waals surface area contributed by atoms with Crippen LogP contribution in [0.5, 0.6) is 0 Å². The predicted molar refractivity (Wildman–Crippen MR) is 66.9 cm³/mol. The van der Waals surface area contributed by atoms with Crippen LogP contribution in [0, 0.1) is 13.8 Å².